The second-order valence-corrected chi connectivity index (χ2v) is 12.6. The summed E-state index contributed by atoms with van der Waals surface area (Å²) in [5.74, 6) is 0.566. The molecule has 0 bridgehead atoms. The van der Waals surface area contributed by atoms with Gasteiger partial charge in [0.1, 0.15) is 0 Å². The Labute approximate surface area is 228 Å². The number of nitrogens with one attached hydrogen (secondary N) is 2. The van der Waals surface area contributed by atoms with E-state index in [1.54, 1.807) is 0 Å². The van der Waals surface area contributed by atoms with Crippen molar-refractivity contribution in [3.8, 4) is 0 Å². The molecule has 2 atom stereocenters. The van der Waals surface area contributed by atoms with Crippen LogP contribution in [0, 0.1) is 11.3 Å². The Morgan fingerprint density at radius 3 is 2.37 bits per heavy atom. The van der Waals surface area contributed by atoms with Crippen molar-refractivity contribution in [3.05, 3.63) is 65.2 Å². The van der Waals surface area contributed by atoms with E-state index in [1.165, 1.54) is 18.4 Å². The van der Waals surface area contributed by atoms with Crippen molar-refractivity contribution >= 4 is 17.5 Å². The number of nitrogens with zero attached hydrogens (tertiary/aromatic N) is 1. The van der Waals surface area contributed by atoms with Crippen LogP contribution in [0.5, 0.6) is 0 Å². The largest absolute Gasteiger partial charge is 0.348 e. The number of benzene rings is 2. The molecule has 1 saturated carbocycles. The number of piperidine rings is 1. The molecule has 1 aliphatic carbocycles. The number of anilines is 1. The summed E-state index contributed by atoms with van der Waals surface area (Å²) in [7, 11) is 0. The lowest BCUT2D eigenvalue weighted by atomic mass is 9.90. The molecular weight excluding hydrogens is 472 g/mol. The fourth-order valence-corrected chi connectivity index (χ4v) is 5.78. The van der Waals surface area contributed by atoms with Gasteiger partial charge >= 0.3 is 0 Å². The number of amides is 2. The van der Waals surface area contributed by atoms with Crippen LogP contribution >= 0.6 is 0 Å². The quantitative estimate of drug-likeness (QED) is 0.430. The first-order valence-electron chi connectivity index (χ1n) is 14.4. The number of rotatable bonds is 8. The fraction of sp³-hybridized carbons (Fsp3) is 0.562. The molecule has 2 aromatic carbocycles. The summed E-state index contributed by atoms with van der Waals surface area (Å²) in [6, 6.07) is 16.5. The summed E-state index contributed by atoms with van der Waals surface area (Å²) in [6.45, 7) is 9.01. The van der Waals surface area contributed by atoms with Gasteiger partial charge in [-0.05, 0) is 79.8 Å². The third kappa shape index (κ3) is 8.40. The van der Waals surface area contributed by atoms with Crippen LogP contribution in [0.25, 0.3) is 0 Å². The molecule has 2 fully saturated rings. The smallest absolute Gasteiger partial charge is 0.251 e. The molecule has 0 aromatic heterocycles. The van der Waals surface area contributed by atoms with Crippen LogP contribution in [-0.2, 0) is 17.8 Å². The molecule has 2 aromatic rings. The van der Waals surface area contributed by atoms with Gasteiger partial charge in [-0.1, -0.05) is 70.0 Å². The van der Waals surface area contributed by atoms with E-state index in [0.717, 1.165) is 63.0 Å². The third-order valence-corrected chi connectivity index (χ3v) is 7.94. The van der Waals surface area contributed by atoms with Crippen LogP contribution < -0.4 is 16.4 Å². The Bertz CT molecular complexity index is 1070. The molecule has 0 spiro atoms. The summed E-state index contributed by atoms with van der Waals surface area (Å²) in [4.78, 5) is 28.5. The zero-order chi connectivity index (χ0) is 27.1. The third-order valence-electron chi connectivity index (χ3n) is 7.94. The summed E-state index contributed by atoms with van der Waals surface area (Å²) in [5.41, 5.74) is 9.93. The zero-order valence-electron chi connectivity index (χ0n) is 23.5. The predicted molar refractivity (Wildman–Crippen MR) is 155 cm³/mol. The van der Waals surface area contributed by atoms with E-state index in [9.17, 15) is 9.59 Å². The van der Waals surface area contributed by atoms with Crippen molar-refractivity contribution in [3.63, 3.8) is 0 Å². The molecule has 38 heavy (non-hydrogen) atoms. The van der Waals surface area contributed by atoms with Crippen molar-refractivity contribution < 1.29 is 9.59 Å². The van der Waals surface area contributed by atoms with E-state index >= 15 is 0 Å². The molecule has 4 N–H and O–H groups in total. The number of carbonyl (C=O) groups is 2. The average Bonchev–Trinajstić information content (AvgIpc) is 2.87. The molecule has 2 unspecified atom stereocenters. The van der Waals surface area contributed by atoms with Crippen LogP contribution in [0.15, 0.2) is 48.5 Å². The highest BCUT2D eigenvalue weighted by molar-refractivity contribution is 5.98. The molecule has 6 heteroatoms. The van der Waals surface area contributed by atoms with Crippen molar-refractivity contribution in [2.45, 2.75) is 90.8 Å². The van der Waals surface area contributed by atoms with Crippen molar-refractivity contribution in [2.24, 2.45) is 17.1 Å². The Balaban J connectivity index is 1.43. The Kier molecular flexibility index (Phi) is 9.61. The summed E-state index contributed by atoms with van der Waals surface area (Å²) in [6.07, 6.45) is 7.97. The molecule has 206 valence electrons. The number of nitrogens with two attached hydrogens (primary N) is 1. The molecule has 2 aliphatic rings. The van der Waals surface area contributed by atoms with Gasteiger partial charge in [-0.25, -0.2) is 0 Å². The van der Waals surface area contributed by atoms with Crippen LogP contribution in [0.4, 0.5) is 5.69 Å². The first-order chi connectivity index (χ1) is 18.2. The maximum atomic E-state index is 13.1. The van der Waals surface area contributed by atoms with Gasteiger partial charge in [0.2, 0.25) is 5.91 Å². The highest BCUT2D eigenvalue weighted by Crippen LogP contribution is 2.27. The van der Waals surface area contributed by atoms with E-state index in [4.69, 9.17) is 5.73 Å². The SMILES string of the molecule is CC(C)(C)CC(=O)Nc1cc(C(=O)NC2CCCCC2N)ccc1CN1CCC(Cc2ccccc2)CC1. The van der Waals surface area contributed by atoms with Crippen LogP contribution in [0.1, 0.15) is 87.2 Å². The standard InChI is InChI=1S/C32H46N4O2/c1-32(2,3)21-30(37)34-29-20-25(31(38)35-28-12-8-7-11-27(28)33)13-14-26(29)22-36-17-15-24(16-18-36)19-23-9-5-4-6-10-23/h4-6,9-10,13-14,20,24,27-28H,7-8,11-12,15-19,21-22,33H2,1-3H3,(H,34,37)(H,35,38). The van der Waals surface area contributed by atoms with Gasteiger partial charge in [0.25, 0.3) is 5.91 Å². The van der Waals surface area contributed by atoms with Gasteiger partial charge in [0, 0.05) is 36.3 Å². The molecule has 4 rings (SSSR count). The maximum absolute atomic E-state index is 13.1. The van der Waals surface area contributed by atoms with Gasteiger partial charge in [-0.3, -0.25) is 14.5 Å². The topological polar surface area (TPSA) is 87.5 Å². The Morgan fingerprint density at radius 1 is 0.974 bits per heavy atom. The molecule has 1 saturated heterocycles. The second-order valence-electron chi connectivity index (χ2n) is 12.6. The molecule has 1 aliphatic heterocycles. The zero-order valence-corrected chi connectivity index (χ0v) is 23.5. The predicted octanol–water partition coefficient (Wildman–Crippen LogP) is 5.52. The van der Waals surface area contributed by atoms with Crippen molar-refractivity contribution in [1.29, 1.82) is 0 Å². The highest BCUT2D eigenvalue weighted by Gasteiger charge is 2.25. The summed E-state index contributed by atoms with van der Waals surface area (Å²) in [5, 5.41) is 6.28. The van der Waals surface area contributed by atoms with Gasteiger partial charge < -0.3 is 16.4 Å². The molecular formula is C32H46N4O2. The Morgan fingerprint density at radius 2 is 1.68 bits per heavy atom. The minimum Gasteiger partial charge on any atom is -0.348 e. The lowest BCUT2D eigenvalue weighted by Crippen LogP contribution is -2.49. The second kappa shape index (κ2) is 12.9. The minimum atomic E-state index is -0.119. The lowest BCUT2D eigenvalue weighted by molar-refractivity contribution is -0.117. The lowest BCUT2D eigenvalue weighted by Gasteiger charge is -2.32. The van der Waals surface area contributed by atoms with Crippen LogP contribution in [0.3, 0.4) is 0 Å². The monoisotopic (exact) mass is 518 g/mol. The summed E-state index contributed by atoms with van der Waals surface area (Å²) < 4.78 is 0. The summed E-state index contributed by atoms with van der Waals surface area (Å²) >= 11 is 0. The van der Waals surface area contributed by atoms with E-state index in [2.05, 4.69) is 66.6 Å². The highest BCUT2D eigenvalue weighted by atomic mass is 16.2. The van der Waals surface area contributed by atoms with Crippen molar-refractivity contribution in [1.82, 2.24) is 10.2 Å². The number of carbonyl (C=O) groups excluding carboxylic acids is 2. The first-order valence-corrected chi connectivity index (χ1v) is 14.4. The van der Waals surface area contributed by atoms with Crippen molar-refractivity contribution in [2.75, 3.05) is 18.4 Å². The maximum Gasteiger partial charge on any atom is 0.251 e. The molecule has 6 nitrogen and oxygen atoms in total. The van der Waals surface area contributed by atoms with Gasteiger partial charge in [0.15, 0.2) is 0 Å². The van der Waals surface area contributed by atoms with E-state index < -0.39 is 0 Å². The minimum absolute atomic E-state index is 0.00255. The number of likely N-dealkylation sites (tertiary alicyclic amines) is 1. The molecule has 2 amide bonds. The molecule has 1 heterocycles. The Hall–Kier alpha value is -2.70. The van der Waals surface area contributed by atoms with E-state index in [0.29, 0.717) is 17.9 Å². The van der Waals surface area contributed by atoms with E-state index in [1.807, 2.05) is 18.2 Å². The van der Waals surface area contributed by atoms with Gasteiger partial charge in [-0.15, -0.1) is 0 Å². The number of hydrogen-bond donors (Lipinski definition) is 3. The van der Waals surface area contributed by atoms with Crippen LogP contribution in [-0.4, -0.2) is 41.9 Å². The van der Waals surface area contributed by atoms with Gasteiger partial charge in [-0.2, -0.15) is 0 Å². The van der Waals surface area contributed by atoms with Crippen LogP contribution in [0.2, 0.25) is 0 Å². The van der Waals surface area contributed by atoms with Gasteiger partial charge in [0.05, 0.1) is 0 Å². The number of hydrogen-bond acceptors (Lipinski definition) is 4. The normalized spacial score (nSPS) is 21.2. The average molecular weight is 519 g/mol. The fourth-order valence-electron chi connectivity index (χ4n) is 5.78. The first kappa shape index (κ1) is 28.3. The van der Waals surface area contributed by atoms with E-state index in [-0.39, 0.29) is 29.3 Å². The molecule has 0 radical (unpaired) electrons.